The molecule has 0 saturated carbocycles. The van der Waals surface area contributed by atoms with E-state index in [0.29, 0.717) is 11.3 Å². The summed E-state index contributed by atoms with van der Waals surface area (Å²) in [7, 11) is 1.49. The van der Waals surface area contributed by atoms with Gasteiger partial charge in [-0.3, -0.25) is 0 Å². The summed E-state index contributed by atoms with van der Waals surface area (Å²) in [6.45, 7) is 1.69. The third kappa shape index (κ3) is 1.26. The quantitative estimate of drug-likeness (QED) is 0.577. The first-order valence-electron chi connectivity index (χ1n) is 2.96. The molecule has 2 heteroatoms. The Labute approximate surface area is 59.4 Å². The summed E-state index contributed by atoms with van der Waals surface area (Å²) in [6.07, 6.45) is 0. The molecule has 0 bridgehead atoms. The van der Waals surface area contributed by atoms with Crippen molar-refractivity contribution in [3.63, 3.8) is 0 Å². The fourth-order valence-electron chi connectivity index (χ4n) is 0.637. The number of benzene rings is 1. The summed E-state index contributed by atoms with van der Waals surface area (Å²) in [4.78, 5) is 0. The van der Waals surface area contributed by atoms with Crippen molar-refractivity contribution < 1.29 is 9.13 Å². The zero-order valence-corrected chi connectivity index (χ0v) is 5.94. The van der Waals surface area contributed by atoms with Gasteiger partial charge in [0.1, 0.15) is 11.6 Å². The largest absolute Gasteiger partial charge is 0.496 e. The maximum Gasteiger partial charge on any atom is 0.129 e. The van der Waals surface area contributed by atoms with Crippen LogP contribution in [-0.4, -0.2) is 7.11 Å². The maximum atomic E-state index is 12.7. The van der Waals surface area contributed by atoms with Gasteiger partial charge in [0.25, 0.3) is 0 Å². The van der Waals surface area contributed by atoms with E-state index in [1.165, 1.54) is 13.2 Å². The van der Waals surface area contributed by atoms with E-state index in [1.807, 2.05) is 0 Å². The van der Waals surface area contributed by atoms with Crippen LogP contribution < -0.4 is 4.74 Å². The van der Waals surface area contributed by atoms with Gasteiger partial charge in [0, 0.05) is 12.1 Å². The molecule has 1 rings (SSSR count). The molecule has 1 radical (unpaired) electrons. The van der Waals surface area contributed by atoms with Crippen LogP contribution in [0, 0.1) is 18.8 Å². The van der Waals surface area contributed by atoms with Crippen molar-refractivity contribution in [2.24, 2.45) is 0 Å². The van der Waals surface area contributed by atoms with Gasteiger partial charge < -0.3 is 4.74 Å². The minimum absolute atomic E-state index is 0.254. The van der Waals surface area contributed by atoms with Gasteiger partial charge in [-0.05, 0) is 18.6 Å². The van der Waals surface area contributed by atoms with Crippen molar-refractivity contribution in [1.82, 2.24) is 0 Å². The molecule has 1 aromatic rings. The lowest BCUT2D eigenvalue weighted by Crippen LogP contribution is -1.86. The van der Waals surface area contributed by atoms with Gasteiger partial charge in [0.15, 0.2) is 0 Å². The van der Waals surface area contributed by atoms with Crippen LogP contribution in [0.2, 0.25) is 0 Å². The molecule has 0 unspecified atom stereocenters. The highest BCUT2D eigenvalue weighted by Crippen LogP contribution is 2.13. The van der Waals surface area contributed by atoms with Crippen LogP contribution in [-0.2, 0) is 0 Å². The van der Waals surface area contributed by atoms with Crippen LogP contribution in [0.5, 0.6) is 5.75 Å². The molecule has 0 spiro atoms. The second kappa shape index (κ2) is 2.69. The van der Waals surface area contributed by atoms with E-state index >= 15 is 0 Å². The number of hydrogen-bond donors (Lipinski definition) is 0. The minimum Gasteiger partial charge on any atom is -0.496 e. The summed E-state index contributed by atoms with van der Waals surface area (Å²) in [5, 5.41) is 0. The zero-order valence-electron chi connectivity index (χ0n) is 5.94. The highest BCUT2D eigenvalue weighted by molar-refractivity contribution is 5.26. The van der Waals surface area contributed by atoms with Crippen LogP contribution in [0.25, 0.3) is 0 Å². The highest BCUT2D eigenvalue weighted by atomic mass is 19.1. The molecule has 0 saturated heterocycles. The van der Waals surface area contributed by atoms with Gasteiger partial charge in [0.2, 0.25) is 0 Å². The first kappa shape index (κ1) is 7.06. The topological polar surface area (TPSA) is 9.23 Å². The van der Waals surface area contributed by atoms with Crippen molar-refractivity contribution in [2.75, 3.05) is 7.11 Å². The molecular weight excluding hydrogens is 131 g/mol. The van der Waals surface area contributed by atoms with E-state index < -0.39 is 0 Å². The number of rotatable bonds is 1. The van der Waals surface area contributed by atoms with Crippen LogP contribution in [0.3, 0.4) is 0 Å². The first-order chi connectivity index (χ1) is 4.74. The summed E-state index contributed by atoms with van der Waals surface area (Å²) in [5.74, 6) is 0.179. The Balaban J connectivity index is 3.04. The fraction of sp³-hybridized carbons (Fsp3) is 0.250. The average molecular weight is 139 g/mol. The van der Waals surface area contributed by atoms with Crippen molar-refractivity contribution in [3.8, 4) is 5.75 Å². The van der Waals surface area contributed by atoms with Crippen LogP contribution in [0.1, 0.15) is 5.56 Å². The number of methoxy groups -OCH3 is 1. The number of aryl methyl sites for hydroxylation is 1. The van der Waals surface area contributed by atoms with E-state index in [4.69, 9.17) is 4.74 Å². The van der Waals surface area contributed by atoms with Gasteiger partial charge >= 0.3 is 0 Å². The first-order valence-corrected chi connectivity index (χ1v) is 2.96. The molecule has 0 heterocycles. The van der Waals surface area contributed by atoms with E-state index in [-0.39, 0.29) is 5.82 Å². The summed E-state index contributed by atoms with van der Waals surface area (Å²) >= 11 is 0. The van der Waals surface area contributed by atoms with Crippen molar-refractivity contribution >= 4 is 0 Å². The standard InChI is InChI=1S/C8H8FO/c1-6-3-4-7(10-2)5-8(6)9/h3,5H,1-2H3. The molecule has 0 N–H and O–H groups in total. The predicted octanol–water partition coefficient (Wildman–Crippen LogP) is 1.94. The number of ether oxygens (including phenoxy) is 1. The van der Waals surface area contributed by atoms with Crippen molar-refractivity contribution in [1.29, 1.82) is 0 Å². The maximum absolute atomic E-state index is 12.7. The average Bonchev–Trinajstić information content (AvgIpc) is 1.95. The Morgan fingerprint density at radius 3 is 2.80 bits per heavy atom. The van der Waals surface area contributed by atoms with Gasteiger partial charge in [-0.25, -0.2) is 4.39 Å². The SMILES string of the molecule is COc1[c]cc(C)c(F)c1. The summed E-state index contributed by atoms with van der Waals surface area (Å²) in [6, 6.07) is 5.64. The molecule has 0 aromatic heterocycles. The Morgan fingerprint density at radius 1 is 1.60 bits per heavy atom. The lowest BCUT2D eigenvalue weighted by Gasteiger charge is -1.99. The molecule has 1 aromatic carbocycles. The molecule has 53 valence electrons. The smallest absolute Gasteiger partial charge is 0.129 e. The van der Waals surface area contributed by atoms with Gasteiger partial charge in [-0.1, -0.05) is 0 Å². The molecule has 0 atom stereocenters. The Kier molecular flexibility index (Phi) is 1.90. The van der Waals surface area contributed by atoms with E-state index in [1.54, 1.807) is 13.0 Å². The minimum atomic E-state index is -0.254. The Hall–Kier alpha value is -1.05. The number of halogens is 1. The summed E-state index contributed by atoms with van der Waals surface area (Å²) in [5.41, 5.74) is 0.584. The Morgan fingerprint density at radius 2 is 2.30 bits per heavy atom. The number of hydrogen-bond acceptors (Lipinski definition) is 1. The predicted molar refractivity (Wildman–Crippen MR) is 36.5 cm³/mol. The van der Waals surface area contributed by atoms with Crippen LogP contribution in [0.4, 0.5) is 4.39 Å². The van der Waals surface area contributed by atoms with Gasteiger partial charge in [-0.15, -0.1) is 0 Å². The second-order valence-electron chi connectivity index (χ2n) is 2.03. The molecule has 1 nitrogen and oxygen atoms in total. The highest BCUT2D eigenvalue weighted by Gasteiger charge is 1.97. The molecule has 10 heavy (non-hydrogen) atoms. The Bertz CT molecular complexity index is 233. The normalized spacial score (nSPS) is 9.50. The molecule has 0 aliphatic carbocycles. The third-order valence-corrected chi connectivity index (χ3v) is 1.29. The van der Waals surface area contributed by atoms with E-state index in [2.05, 4.69) is 6.07 Å². The fourth-order valence-corrected chi connectivity index (χ4v) is 0.637. The monoisotopic (exact) mass is 139 g/mol. The van der Waals surface area contributed by atoms with E-state index in [0.717, 1.165) is 0 Å². The molecule has 0 fully saturated rings. The molecule has 0 aliphatic heterocycles. The lowest BCUT2D eigenvalue weighted by atomic mass is 10.2. The lowest BCUT2D eigenvalue weighted by molar-refractivity contribution is 0.410. The molecule has 0 aliphatic rings. The molecular formula is C8H8FO. The van der Waals surface area contributed by atoms with E-state index in [9.17, 15) is 4.39 Å². The van der Waals surface area contributed by atoms with Crippen LogP contribution in [0.15, 0.2) is 12.1 Å². The van der Waals surface area contributed by atoms with Gasteiger partial charge in [0.05, 0.1) is 7.11 Å². The van der Waals surface area contributed by atoms with Gasteiger partial charge in [-0.2, -0.15) is 0 Å². The van der Waals surface area contributed by atoms with Crippen molar-refractivity contribution in [3.05, 3.63) is 29.6 Å². The zero-order chi connectivity index (χ0) is 7.56. The van der Waals surface area contributed by atoms with Crippen LogP contribution >= 0.6 is 0 Å². The second-order valence-corrected chi connectivity index (χ2v) is 2.03. The third-order valence-electron chi connectivity index (χ3n) is 1.29. The summed E-state index contributed by atoms with van der Waals surface area (Å²) < 4.78 is 17.4. The molecule has 0 amide bonds. The van der Waals surface area contributed by atoms with Crippen molar-refractivity contribution in [2.45, 2.75) is 6.92 Å².